The Morgan fingerprint density at radius 3 is 2.22 bits per heavy atom. The zero-order valence-corrected chi connectivity index (χ0v) is 12.5. The van der Waals surface area contributed by atoms with Gasteiger partial charge in [-0.1, -0.05) is 19.9 Å². The molecular weight excluding hydrogens is 248 g/mol. The number of hydrogen-bond donors (Lipinski definition) is 1. The number of sulfonamides is 1. The number of hydrogen-bond acceptors (Lipinski definition) is 3. The number of nitrogen functional groups attached to an aromatic ring is 1. The van der Waals surface area contributed by atoms with Crippen LogP contribution in [-0.4, -0.2) is 25.8 Å². The summed E-state index contributed by atoms with van der Waals surface area (Å²) in [6, 6.07) is 4.94. The minimum atomic E-state index is -3.52. The van der Waals surface area contributed by atoms with Crippen molar-refractivity contribution in [3.63, 3.8) is 0 Å². The van der Waals surface area contributed by atoms with E-state index in [0.717, 1.165) is 5.56 Å². The van der Waals surface area contributed by atoms with Gasteiger partial charge in [-0.3, -0.25) is 0 Å². The van der Waals surface area contributed by atoms with Crippen LogP contribution in [0.5, 0.6) is 0 Å². The van der Waals surface area contributed by atoms with Crippen molar-refractivity contribution in [1.82, 2.24) is 4.31 Å². The molecular formula is C13H22N2O2S. The van der Waals surface area contributed by atoms with Crippen LogP contribution in [0.25, 0.3) is 0 Å². The first kappa shape index (κ1) is 15.0. The summed E-state index contributed by atoms with van der Waals surface area (Å²) in [6.07, 6.45) is 0. The van der Waals surface area contributed by atoms with Crippen molar-refractivity contribution in [2.45, 2.75) is 38.6 Å². The van der Waals surface area contributed by atoms with Gasteiger partial charge in [0, 0.05) is 13.1 Å². The molecule has 0 saturated heterocycles. The molecule has 1 atom stereocenters. The molecule has 1 aromatic carbocycles. The maximum atomic E-state index is 12.5. The molecule has 1 aromatic rings. The lowest BCUT2D eigenvalue weighted by Gasteiger charge is -2.27. The molecule has 0 spiro atoms. The summed E-state index contributed by atoms with van der Waals surface area (Å²) in [7, 11) is -1.93. The van der Waals surface area contributed by atoms with Crippen LogP contribution in [0.15, 0.2) is 23.1 Å². The predicted octanol–water partition coefficient (Wildman–Crippen LogP) is 2.24. The van der Waals surface area contributed by atoms with Gasteiger partial charge in [0.15, 0.2) is 0 Å². The molecule has 1 rings (SSSR count). The number of rotatable bonds is 4. The van der Waals surface area contributed by atoms with Crippen molar-refractivity contribution in [3.8, 4) is 0 Å². The number of nitrogens with two attached hydrogens (primary N) is 1. The van der Waals surface area contributed by atoms with Crippen molar-refractivity contribution >= 4 is 15.7 Å². The van der Waals surface area contributed by atoms with Gasteiger partial charge in [0.2, 0.25) is 10.0 Å². The Hall–Kier alpha value is -1.07. The first-order chi connectivity index (χ1) is 8.17. The highest BCUT2D eigenvalue weighted by molar-refractivity contribution is 7.89. The van der Waals surface area contributed by atoms with E-state index < -0.39 is 10.0 Å². The van der Waals surface area contributed by atoms with Crippen LogP contribution in [0.4, 0.5) is 5.69 Å². The van der Waals surface area contributed by atoms with E-state index in [-0.39, 0.29) is 16.9 Å². The lowest BCUT2D eigenvalue weighted by atomic mass is 10.1. The van der Waals surface area contributed by atoms with Crippen molar-refractivity contribution in [1.29, 1.82) is 0 Å². The van der Waals surface area contributed by atoms with Crippen LogP contribution in [0.3, 0.4) is 0 Å². The maximum Gasteiger partial charge on any atom is 0.245 e. The molecule has 0 aliphatic rings. The molecule has 5 heteroatoms. The van der Waals surface area contributed by atoms with Crippen molar-refractivity contribution in [2.75, 3.05) is 12.8 Å². The van der Waals surface area contributed by atoms with Gasteiger partial charge in [-0.15, -0.1) is 0 Å². The van der Waals surface area contributed by atoms with Crippen LogP contribution < -0.4 is 5.73 Å². The molecule has 0 amide bonds. The molecule has 0 aromatic heterocycles. The van der Waals surface area contributed by atoms with Crippen molar-refractivity contribution in [2.24, 2.45) is 5.92 Å². The lowest BCUT2D eigenvalue weighted by Crippen LogP contribution is -2.38. The summed E-state index contributed by atoms with van der Waals surface area (Å²) < 4.78 is 26.3. The predicted molar refractivity (Wildman–Crippen MR) is 74.8 cm³/mol. The molecule has 2 N–H and O–H groups in total. The van der Waals surface area contributed by atoms with Gasteiger partial charge >= 0.3 is 0 Å². The largest absolute Gasteiger partial charge is 0.398 e. The number of benzene rings is 1. The summed E-state index contributed by atoms with van der Waals surface area (Å²) >= 11 is 0. The fourth-order valence-electron chi connectivity index (χ4n) is 1.70. The Labute approximate surface area is 110 Å². The smallest absolute Gasteiger partial charge is 0.245 e. The zero-order valence-electron chi connectivity index (χ0n) is 11.6. The molecule has 0 bridgehead atoms. The summed E-state index contributed by atoms with van der Waals surface area (Å²) in [5.41, 5.74) is 7.07. The quantitative estimate of drug-likeness (QED) is 0.853. The highest BCUT2D eigenvalue weighted by Crippen LogP contribution is 2.25. The van der Waals surface area contributed by atoms with E-state index in [1.54, 1.807) is 25.2 Å². The number of aryl methyl sites for hydroxylation is 1. The molecule has 0 saturated carbocycles. The minimum absolute atomic E-state index is 0.0734. The van der Waals surface area contributed by atoms with Crippen LogP contribution >= 0.6 is 0 Å². The molecule has 0 fully saturated rings. The summed E-state index contributed by atoms with van der Waals surface area (Å²) in [5, 5.41) is 0. The lowest BCUT2D eigenvalue weighted by molar-refractivity contribution is 0.316. The monoisotopic (exact) mass is 270 g/mol. The third-order valence-corrected chi connectivity index (χ3v) is 5.38. The van der Waals surface area contributed by atoms with Gasteiger partial charge in [0.25, 0.3) is 0 Å². The van der Waals surface area contributed by atoms with Gasteiger partial charge < -0.3 is 5.73 Å². The third-order valence-electron chi connectivity index (χ3n) is 3.36. The second-order valence-electron chi connectivity index (χ2n) is 5.05. The second-order valence-corrected chi connectivity index (χ2v) is 7.01. The van der Waals surface area contributed by atoms with E-state index in [1.807, 2.05) is 27.7 Å². The molecule has 1 unspecified atom stereocenters. The van der Waals surface area contributed by atoms with E-state index in [1.165, 1.54) is 4.31 Å². The molecule has 0 radical (unpaired) electrons. The summed E-state index contributed by atoms with van der Waals surface area (Å²) in [6.45, 7) is 7.77. The van der Waals surface area contributed by atoms with Crippen molar-refractivity contribution < 1.29 is 8.42 Å². The highest BCUT2D eigenvalue weighted by atomic mass is 32.2. The van der Waals surface area contributed by atoms with Gasteiger partial charge in [0.1, 0.15) is 4.90 Å². The highest BCUT2D eigenvalue weighted by Gasteiger charge is 2.28. The normalized spacial score (nSPS) is 14.2. The third kappa shape index (κ3) is 2.84. The summed E-state index contributed by atoms with van der Waals surface area (Å²) in [5.74, 6) is 0.247. The Morgan fingerprint density at radius 1 is 1.22 bits per heavy atom. The van der Waals surface area contributed by atoms with E-state index in [9.17, 15) is 8.42 Å². The van der Waals surface area contributed by atoms with E-state index in [2.05, 4.69) is 0 Å². The Morgan fingerprint density at radius 2 is 1.78 bits per heavy atom. The molecule has 0 aliphatic carbocycles. The van der Waals surface area contributed by atoms with E-state index >= 15 is 0 Å². The Bertz CT molecular complexity index is 524. The Kier molecular flexibility index (Phi) is 4.40. The average molecular weight is 270 g/mol. The fourth-order valence-corrected chi connectivity index (χ4v) is 3.28. The first-order valence-electron chi connectivity index (χ1n) is 6.02. The molecule has 0 heterocycles. The molecule has 4 nitrogen and oxygen atoms in total. The van der Waals surface area contributed by atoms with Gasteiger partial charge in [-0.2, -0.15) is 4.31 Å². The summed E-state index contributed by atoms with van der Waals surface area (Å²) in [4.78, 5) is 0.183. The minimum Gasteiger partial charge on any atom is -0.398 e. The SMILES string of the molecule is Cc1ccc(S(=O)(=O)N(C)C(C)C(C)C)c(N)c1. The zero-order chi connectivity index (χ0) is 14.1. The first-order valence-corrected chi connectivity index (χ1v) is 7.46. The second kappa shape index (κ2) is 5.28. The molecule has 0 aliphatic heterocycles. The number of nitrogens with zero attached hydrogens (tertiary/aromatic N) is 1. The molecule has 102 valence electrons. The van der Waals surface area contributed by atoms with Gasteiger partial charge in [-0.25, -0.2) is 8.42 Å². The number of anilines is 1. The maximum absolute atomic E-state index is 12.5. The van der Waals surface area contributed by atoms with E-state index in [0.29, 0.717) is 5.69 Å². The fraction of sp³-hybridized carbons (Fsp3) is 0.538. The van der Waals surface area contributed by atoms with Gasteiger partial charge in [0.05, 0.1) is 5.69 Å². The van der Waals surface area contributed by atoms with Crippen LogP contribution in [-0.2, 0) is 10.0 Å². The van der Waals surface area contributed by atoms with Gasteiger partial charge in [-0.05, 0) is 37.5 Å². The molecule has 18 heavy (non-hydrogen) atoms. The topological polar surface area (TPSA) is 63.4 Å². The average Bonchev–Trinajstić information content (AvgIpc) is 2.26. The standard InChI is InChI=1S/C13H22N2O2S/c1-9(2)11(4)15(5)18(16,17)13-7-6-10(3)8-12(13)14/h6-9,11H,14H2,1-5H3. The van der Waals surface area contributed by atoms with Crippen LogP contribution in [0.2, 0.25) is 0 Å². The Balaban J connectivity index is 3.21. The van der Waals surface area contributed by atoms with Crippen molar-refractivity contribution in [3.05, 3.63) is 23.8 Å². The van der Waals surface area contributed by atoms with E-state index in [4.69, 9.17) is 5.73 Å². The van der Waals surface area contributed by atoms with Crippen LogP contribution in [0, 0.1) is 12.8 Å². The van der Waals surface area contributed by atoms with Crippen LogP contribution in [0.1, 0.15) is 26.3 Å².